The van der Waals surface area contributed by atoms with E-state index >= 15 is 0 Å². The Bertz CT molecular complexity index is 1110. The summed E-state index contributed by atoms with van der Waals surface area (Å²) in [5.41, 5.74) is 0.657. The maximum Gasteiger partial charge on any atom is 0.282 e. The maximum atomic E-state index is 14.4. The number of carbonyl (C=O) groups is 2. The molecule has 0 saturated heterocycles. The van der Waals surface area contributed by atoms with Gasteiger partial charge in [0.2, 0.25) is 0 Å². The van der Waals surface area contributed by atoms with E-state index in [1.165, 1.54) is 11.3 Å². The third-order valence-corrected chi connectivity index (χ3v) is 5.52. The summed E-state index contributed by atoms with van der Waals surface area (Å²) in [4.78, 5) is 29.7. The fourth-order valence-corrected chi connectivity index (χ4v) is 4.13. The van der Waals surface area contributed by atoms with E-state index in [1.807, 2.05) is 37.3 Å². The van der Waals surface area contributed by atoms with Crippen LogP contribution in [0.1, 0.15) is 11.8 Å². The first-order valence-electron chi connectivity index (χ1n) is 8.97. The van der Waals surface area contributed by atoms with Crippen LogP contribution in [0.4, 0.5) is 20.2 Å². The van der Waals surface area contributed by atoms with Crippen molar-refractivity contribution in [1.29, 1.82) is 0 Å². The van der Waals surface area contributed by atoms with Crippen LogP contribution in [0, 0.1) is 11.6 Å². The van der Waals surface area contributed by atoms with Gasteiger partial charge >= 0.3 is 0 Å². The molecule has 0 fully saturated rings. The summed E-state index contributed by atoms with van der Waals surface area (Å²) in [6, 6.07) is 15.4. The highest BCUT2D eigenvalue weighted by molar-refractivity contribution is 7.11. The second-order valence-corrected chi connectivity index (χ2v) is 7.27. The van der Waals surface area contributed by atoms with Crippen LogP contribution in [-0.2, 0) is 9.59 Å². The minimum Gasteiger partial charge on any atom is -0.337 e. The van der Waals surface area contributed by atoms with E-state index in [0.717, 1.165) is 23.9 Å². The zero-order valence-electron chi connectivity index (χ0n) is 15.4. The van der Waals surface area contributed by atoms with Crippen molar-refractivity contribution in [3.63, 3.8) is 0 Å². The van der Waals surface area contributed by atoms with Crippen molar-refractivity contribution in [2.45, 2.75) is 6.92 Å². The molecule has 3 aromatic rings. The van der Waals surface area contributed by atoms with Crippen molar-refractivity contribution < 1.29 is 18.4 Å². The molecule has 29 heavy (non-hydrogen) atoms. The SMILES string of the molecule is CCN(C1=C(c2cccs2)C(=O)N(c2cc(F)ccc2F)C1=O)c1ccccc1. The van der Waals surface area contributed by atoms with Gasteiger partial charge in [0.15, 0.2) is 0 Å². The molecule has 1 aromatic heterocycles. The van der Waals surface area contributed by atoms with Crippen molar-refractivity contribution >= 4 is 40.1 Å². The van der Waals surface area contributed by atoms with E-state index in [1.54, 1.807) is 22.4 Å². The lowest BCUT2D eigenvalue weighted by Gasteiger charge is -2.24. The number of halogens is 2. The van der Waals surface area contributed by atoms with Gasteiger partial charge < -0.3 is 4.90 Å². The molecule has 0 spiro atoms. The predicted molar refractivity (Wildman–Crippen MR) is 110 cm³/mol. The molecule has 0 saturated carbocycles. The molecule has 2 amide bonds. The number of likely N-dealkylation sites (N-methyl/N-ethyl adjacent to an activating group) is 1. The van der Waals surface area contributed by atoms with Gasteiger partial charge in [0.1, 0.15) is 17.3 Å². The minimum atomic E-state index is -0.845. The van der Waals surface area contributed by atoms with E-state index in [-0.39, 0.29) is 11.3 Å². The van der Waals surface area contributed by atoms with Gasteiger partial charge in [0, 0.05) is 23.2 Å². The van der Waals surface area contributed by atoms with E-state index in [0.29, 0.717) is 16.3 Å². The zero-order valence-corrected chi connectivity index (χ0v) is 16.2. The van der Waals surface area contributed by atoms with Crippen LogP contribution >= 0.6 is 11.3 Å². The first-order valence-corrected chi connectivity index (χ1v) is 9.85. The van der Waals surface area contributed by atoms with Gasteiger partial charge in [0.05, 0.1) is 11.3 Å². The van der Waals surface area contributed by atoms with Gasteiger partial charge in [-0.2, -0.15) is 0 Å². The molecular formula is C22H16F2N2O2S. The first kappa shape index (κ1) is 19.0. The molecule has 0 N–H and O–H groups in total. The summed E-state index contributed by atoms with van der Waals surface area (Å²) in [5.74, 6) is -2.94. The van der Waals surface area contributed by atoms with Gasteiger partial charge in [-0.25, -0.2) is 13.7 Å². The number of anilines is 2. The normalized spacial score (nSPS) is 14.1. The highest BCUT2D eigenvalue weighted by atomic mass is 32.1. The lowest BCUT2D eigenvalue weighted by Crippen LogP contribution is -2.36. The third-order valence-electron chi connectivity index (χ3n) is 4.63. The summed E-state index contributed by atoms with van der Waals surface area (Å²) >= 11 is 1.31. The van der Waals surface area contributed by atoms with Crippen molar-refractivity contribution in [2.24, 2.45) is 0 Å². The average molecular weight is 410 g/mol. The van der Waals surface area contributed by atoms with Crippen molar-refractivity contribution in [2.75, 3.05) is 16.3 Å². The van der Waals surface area contributed by atoms with Crippen LogP contribution in [0.2, 0.25) is 0 Å². The highest BCUT2D eigenvalue weighted by Crippen LogP contribution is 2.38. The van der Waals surface area contributed by atoms with Crippen LogP contribution in [0.25, 0.3) is 5.57 Å². The monoisotopic (exact) mass is 410 g/mol. The topological polar surface area (TPSA) is 40.6 Å². The van der Waals surface area contributed by atoms with E-state index in [2.05, 4.69) is 0 Å². The van der Waals surface area contributed by atoms with E-state index < -0.39 is 29.1 Å². The second kappa shape index (κ2) is 7.60. The fourth-order valence-electron chi connectivity index (χ4n) is 3.37. The summed E-state index contributed by atoms with van der Waals surface area (Å²) in [6.07, 6.45) is 0. The van der Waals surface area contributed by atoms with E-state index in [9.17, 15) is 18.4 Å². The molecular weight excluding hydrogens is 394 g/mol. The largest absolute Gasteiger partial charge is 0.337 e. The van der Waals surface area contributed by atoms with Crippen LogP contribution in [0.5, 0.6) is 0 Å². The van der Waals surface area contributed by atoms with Gasteiger partial charge in [-0.05, 0) is 42.6 Å². The fraction of sp³-hybridized carbons (Fsp3) is 0.0909. The molecule has 0 radical (unpaired) electrons. The minimum absolute atomic E-state index is 0.148. The highest BCUT2D eigenvalue weighted by Gasteiger charge is 2.44. The summed E-state index contributed by atoms with van der Waals surface area (Å²) < 4.78 is 28.2. The van der Waals surface area contributed by atoms with Crippen LogP contribution in [0.15, 0.2) is 71.7 Å². The number of thiophene rings is 1. The van der Waals surface area contributed by atoms with Crippen molar-refractivity contribution in [1.82, 2.24) is 0 Å². The number of imide groups is 1. The number of hydrogen-bond donors (Lipinski definition) is 0. The number of benzene rings is 2. The summed E-state index contributed by atoms with van der Waals surface area (Å²) in [6.45, 7) is 2.27. The van der Waals surface area contributed by atoms with Crippen LogP contribution in [-0.4, -0.2) is 18.4 Å². The number of carbonyl (C=O) groups excluding carboxylic acids is 2. The Balaban J connectivity index is 1.91. The molecule has 1 aliphatic heterocycles. The second-order valence-electron chi connectivity index (χ2n) is 6.32. The number of amides is 2. The Labute approximate surface area is 170 Å². The number of para-hydroxylation sites is 1. The third kappa shape index (κ3) is 3.23. The molecule has 2 aromatic carbocycles. The molecule has 1 aliphatic rings. The number of nitrogens with zero attached hydrogens (tertiary/aromatic N) is 2. The van der Waals surface area contributed by atoms with Gasteiger partial charge in [0.25, 0.3) is 11.8 Å². The molecule has 0 bridgehead atoms. The Hall–Kier alpha value is -3.32. The van der Waals surface area contributed by atoms with Crippen LogP contribution < -0.4 is 9.80 Å². The lowest BCUT2D eigenvalue weighted by atomic mass is 10.1. The van der Waals surface area contributed by atoms with Gasteiger partial charge in [-0.15, -0.1) is 11.3 Å². The summed E-state index contributed by atoms with van der Waals surface area (Å²) in [7, 11) is 0. The summed E-state index contributed by atoms with van der Waals surface area (Å²) in [5, 5.41) is 1.79. The number of hydrogen-bond acceptors (Lipinski definition) is 4. The Morgan fingerprint density at radius 2 is 1.72 bits per heavy atom. The Morgan fingerprint density at radius 3 is 2.38 bits per heavy atom. The maximum absolute atomic E-state index is 14.4. The zero-order chi connectivity index (χ0) is 20.5. The van der Waals surface area contributed by atoms with Crippen molar-refractivity contribution in [3.05, 3.63) is 88.3 Å². The first-order chi connectivity index (χ1) is 14.0. The molecule has 0 unspecified atom stereocenters. The molecule has 2 heterocycles. The smallest absolute Gasteiger partial charge is 0.282 e. The standard InChI is InChI=1S/C22H16F2N2O2S/c1-2-25(15-7-4-3-5-8-15)20-19(18-9-6-12-29-18)21(27)26(22(20)28)17-13-14(23)10-11-16(17)24/h3-13H,2H2,1H3. The molecule has 7 heteroatoms. The quantitative estimate of drug-likeness (QED) is 0.566. The van der Waals surface area contributed by atoms with Gasteiger partial charge in [-0.1, -0.05) is 24.3 Å². The molecule has 146 valence electrons. The number of rotatable bonds is 5. The van der Waals surface area contributed by atoms with Gasteiger partial charge in [-0.3, -0.25) is 9.59 Å². The van der Waals surface area contributed by atoms with E-state index in [4.69, 9.17) is 0 Å². The Morgan fingerprint density at radius 1 is 0.966 bits per heavy atom. The van der Waals surface area contributed by atoms with Crippen LogP contribution in [0.3, 0.4) is 0 Å². The molecule has 4 nitrogen and oxygen atoms in total. The molecule has 0 aliphatic carbocycles. The molecule has 0 atom stereocenters. The predicted octanol–water partition coefficient (Wildman–Crippen LogP) is 4.84. The molecule has 4 rings (SSSR count). The lowest BCUT2D eigenvalue weighted by molar-refractivity contribution is -0.120. The average Bonchev–Trinajstić information content (AvgIpc) is 3.33. The Kier molecular flexibility index (Phi) is 4.98. The van der Waals surface area contributed by atoms with Crippen molar-refractivity contribution in [3.8, 4) is 0 Å².